The maximum absolute atomic E-state index is 12.1. The number of aryl methyl sites for hydroxylation is 1. The molecule has 1 N–H and O–H groups in total. The summed E-state index contributed by atoms with van der Waals surface area (Å²) in [5.74, 6) is -1.70. The molecule has 1 aliphatic rings. The molecular weight excluding hydrogens is 338 g/mol. The number of nitrogens with zero attached hydrogens (tertiary/aromatic N) is 2. The van der Waals surface area contributed by atoms with Crippen molar-refractivity contribution < 1.29 is 23.9 Å². The van der Waals surface area contributed by atoms with Crippen LogP contribution in [0, 0.1) is 6.92 Å². The summed E-state index contributed by atoms with van der Waals surface area (Å²) in [6.45, 7) is 4.46. The van der Waals surface area contributed by atoms with Crippen LogP contribution in [-0.4, -0.2) is 59.4 Å². The number of urea groups is 1. The Balaban J connectivity index is 1.83. The average Bonchev–Trinajstić information content (AvgIpc) is 2.76. The summed E-state index contributed by atoms with van der Waals surface area (Å²) < 4.78 is 4.92. The quantitative estimate of drug-likeness (QED) is 0.598. The highest BCUT2D eigenvalue weighted by atomic mass is 16.5. The van der Waals surface area contributed by atoms with Gasteiger partial charge in [-0.2, -0.15) is 0 Å². The van der Waals surface area contributed by atoms with E-state index in [-0.39, 0.29) is 5.91 Å². The lowest BCUT2D eigenvalue weighted by Gasteiger charge is -2.19. The van der Waals surface area contributed by atoms with E-state index < -0.39 is 36.6 Å². The topological polar surface area (TPSA) is 96.0 Å². The van der Waals surface area contributed by atoms with Gasteiger partial charge in [0.05, 0.1) is 0 Å². The monoisotopic (exact) mass is 361 g/mol. The van der Waals surface area contributed by atoms with Gasteiger partial charge in [-0.3, -0.25) is 19.3 Å². The number of carbonyl (C=O) groups is 4. The number of esters is 1. The molecule has 4 amide bonds. The minimum Gasteiger partial charge on any atom is -0.454 e. The Kier molecular flexibility index (Phi) is 5.64. The van der Waals surface area contributed by atoms with Gasteiger partial charge in [-0.25, -0.2) is 4.79 Å². The van der Waals surface area contributed by atoms with Crippen LogP contribution >= 0.6 is 0 Å². The van der Waals surface area contributed by atoms with E-state index in [1.165, 1.54) is 4.90 Å². The molecule has 1 aromatic carbocycles. The van der Waals surface area contributed by atoms with Crippen molar-refractivity contribution in [1.82, 2.24) is 15.1 Å². The molecule has 1 heterocycles. The van der Waals surface area contributed by atoms with Crippen LogP contribution in [0.5, 0.6) is 0 Å². The maximum Gasteiger partial charge on any atom is 0.326 e. The lowest BCUT2D eigenvalue weighted by atomic mass is 10.1. The standard InChI is InChI=1S/C18H23N3O5/c1-12-7-5-6-8-13(12)9-20(4)14(22)11-26-15(23)10-21-16(24)18(2,3)19-17(21)25/h5-8H,9-11H2,1-4H3,(H,19,25). The van der Waals surface area contributed by atoms with Gasteiger partial charge in [-0.1, -0.05) is 24.3 Å². The van der Waals surface area contributed by atoms with Gasteiger partial charge in [0.1, 0.15) is 12.1 Å². The van der Waals surface area contributed by atoms with Crippen molar-refractivity contribution in [3.8, 4) is 0 Å². The molecule has 2 rings (SSSR count). The van der Waals surface area contributed by atoms with Gasteiger partial charge in [-0.15, -0.1) is 0 Å². The van der Waals surface area contributed by atoms with Crippen LogP contribution in [0.15, 0.2) is 24.3 Å². The van der Waals surface area contributed by atoms with E-state index in [0.717, 1.165) is 16.0 Å². The zero-order chi connectivity index (χ0) is 19.5. The van der Waals surface area contributed by atoms with Crippen molar-refractivity contribution in [1.29, 1.82) is 0 Å². The molecule has 0 unspecified atom stereocenters. The zero-order valence-corrected chi connectivity index (χ0v) is 15.4. The van der Waals surface area contributed by atoms with E-state index in [9.17, 15) is 19.2 Å². The van der Waals surface area contributed by atoms with E-state index in [1.807, 2.05) is 31.2 Å². The van der Waals surface area contributed by atoms with Crippen LogP contribution in [0.1, 0.15) is 25.0 Å². The van der Waals surface area contributed by atoms with E-state index in [4.69, 9.17) is 4.74 Å². The first-order chi connectivity index (χ1) is 12.1. The molecule has 26 heavy (non-hydrogen) atoms. The third kappa shape index (κ3) is 4.38. The Morgan fingerprint density at radius 1 is 1.23 bits per heavy atom. The van der Waals surface area contributed by atoms with Crippen molar-refractivity contribution in [3.05, 3.63) is 35.4 Å². The largest absolute Gasteiger partial charge is 0.454 e. The Labute approximate surface area is 152 Å². The van der Waals surface area contributed by atoms with Crippen molar-refractivity contribution in [2.75, 3.05) is 20.2 Å². The van der Waals surface area contributed by atoms with Crippen LogP contribution < -0.4 is 5.32 Å². The maximum atomic E-state index is 12.1. The fourth-order valence-electron chi connectivity index (χ4n) is 2.52. The number of likely N-dealkylation sites (N-methyl/N-ethyl adjacent to an activating group) is 1. The summed E-state index contributed by atoms with van der Waals surface area (Å²) in [6.07, 6.45) is 0. The molecule has 0 spiro atoms. The van der Waals surface area contributed by atoms with Crippen molar-refractivity contribution in [2.45, 2.75) is 32.9 Å². The molecule has 0 aliphatic carbocycles. The number of rotatable bonds is 6. The number of hydrogen-bond acceptors (Lipinski definition) is 5. The van der Waals surface area contributed by atoms with E-state index in [1.54, 1.807) is 20.9 Å². The number of ether oxygens (including phenoxy) is 1. The Bertz CT molecular complexity index is 744. The van der Waals surface area contributed by atoms with Gasteiger partial charge in [0.15, 0.2) is 6.61 Å². The number of nitrogens with one attached hydrogen (secondary N) is 1. The number of benzene rings is 1. The van der Waals surface area contributed by atoms with Gasteiger partial charge in [-0.05, 0) is 31.9 Å². The zero-order valence-electron chi connectivity index (χ0n) is 15.4. The predicted octanol–water partition coefficient (Wildman–Crippen LogP) is 0.827. The summed E-state index contributed by atoms with van der Waals surface area (Å²) >= 11 is 0. The Morgan fingerprint density at radius 2 is 1.88 bits per heavy atom. The smallest absolute Gasteiger partial charge is 0.326 e. The number of hydrogen-bond donors (Lipinski definition) is 1. The number of carbonyl (C=O) groups excluding carboxylic acids is 4. The highest BCUT2D eigenvalue weighted by Crippen LogP contribution is 2.16. The third-order valence-electron chi connectivity index (χ3n) is 4.18. The third-order valence-corrected chi connectivity index (χ3v) is 4.18. The molecule has 0 atom stereocenters. The fraction of sp³-hybridized carbons (Fsp3) is 0.444. The number of amides is 4. The van der Waals surface area contributed by atoms with Gasteiger partial charge >= 0.3 is 12.0 Å². The summed E-state index contributed by atoms with van der Waals surface area (Å²) in [6, 6.07) is 7.03. The molecule has 0 bridgehead atoms. The SMILES string of the molecule is Cc1ccccc1CN(C)C(=O)COC(=O)CN1C(=O)NC(C)(C)C1=O. The molecule has 0 radical (unpaired) electrons. The van der Waals surface area contributed by atoms with Crippen LogP contribution in [0.4, 0.5) is 4.79 Å². The van der Waals surface area contributed by atoms with E-state index >= 15 is 0 Å². The average molecular weight is 361 g/mol. The molecule has 1 saturated heterocycles. The molecule has 8 nitrogen and oxygen atoms in total. The van der Waals surface area contributed by atoms with Crippen LogP contribution in [0.25, 0.3) is 0 Å². The lowest BCUT2D eigenvalue weighted by molar-refractivity contribution is -0.153. The highest BCUT2D eigenvalue weighted by Gasteiger charge is 2.45. The summed E-state index contributed by atoms with van der Waals surface area (Å²) in [7, 11) is 1.61. The van der Waals surface area contributed by atoms with Crippen molar-refractivity contribution >= 4 is 23.8 Å². The number of imide groups is 1. The van der Waals surface area contributed by atoms with Gasteiger partial charge in [0.2, 0.25) is 0 Å². The first kappa shape index (κ1) is 19.4. The van der Waals surface area contributed by atoms with Gasteiger partial charge < -0.3 is 15.0 Å². The molecule has 8 heteroatoms. The minimum atomic E-state index is -1.05. The highest BCUT2D eigenvalue weighted by molar-refractivity contribution is 6.08. The predicted molar refractivity (Wildman–Crippen MR) is 92.9 cm³/mol. The van der Waals surface area contributed by atoms with Gasteiger partial charge in [0, 0.05) is 13.6 Å². The molecule has 140 valence electrons. The van der Waals surface area contributed by atoms with Crippen molar-refractivity contribution in [3.63, 3.8) is 0 Å². The second kappa shape index (κ2) is 7.55. The molecule has 1 fully saturated rings. The minimum absolute atomic E-state index is 0.376. The Morgan fingerprint density at radius 3 is 2.46 bits per heavy atom. The molecule has 1 aliphatic heterocycles. The normalized spacial score (nSPS) is 15.6. The molecule has 0 saturated carbocycles. The fourth-order valence-corrected chi connectivity index (χ4v) is 2.52. The Hall–Kier alpha value is -2.90. The second-order valence-electron chi connectivity index (χ2n) is 6.78. The van der Waals surface area contributed by atoms with E-state index in [0.29, 0.717) is 6.54 Å². The van der Waals surface area contributed by atoms with Crippen LogP contribution in [-0.2, 0) is 25.7 Å². The molecular formula is C18H23N3O5. The second-order valence-corrected chi connectivity index (χ2v) is 6.78. The summed E-state index contributed by atoms with van der Waals surface area (Å²) in [5, 5.41) is 2.47. The molecule has 1 aromatic rings. The van der Waals surface area contributed by atoms with Crippen molar-refractivity contribution in [2.24, 2.45) is 0 Å². The summed E-state index contributed by atoms with van der Waals surface area (Å²) in [4.78, 5) is 50.0. The molecule has 0 aromatic heterocycles. The van der Waals surface area contributed by atoms with Crippen LogP contribution in [0.3, 0.4) is 0 Å². The first-order valence-electron chi connectivity index (χ1n) is 8.20. The lowest BCUT2D eigenvalue weighted by Crippen LogP contribution is -2.41. The van der Waals surface area contributed by atoms with Gasteiger partial charge in [0.25, 0.3) is 11.8 Å². The first-order valence-corrected chi connectivity index (χ1v) is 8.20. The summed E-state index contributed by atoms with van der Waals surface area (Å²) in [5.41, 5.74) is 1.00. The van der Waals surface area contributed by atoms with Crippen LogP contribution in [0.2, 0.25) is 0 Å². The van der Waals surface area contributed by atoms with E-state index in [2.05, 4.69) is 5.32 Å².